The number of hydrogen-bond donors (Lipinski definition) is 2. The summed E-state index contributed by atoms with van der Waals surface area (Å²) in [4.78, 5) is 54.0. The Morgan fingerprint density at radius 2 is 2.13 bits per heavy atom. The summed E-state index contributed by atoms with van der Waals surface area (Å²) in [5.74, 6) is -1.94. The van der Waals surface area contributed by atoms with Crippen LogP contribution in [-0.4, -0.2) is 46.9 Å². The summed E-state index contributed by atoms with van der Waals surface area (Å²) < 4.78 is 17.9. The number of imide groups is 1. The summed E-state index contributed by atoms with van der Waals surface area (Å²) in [5, 5.41) is 5.35. The highest BCUT2D eigenvalue weighted by molar-refractivity contribution is 7.16. The first-order chi connectivity index (χ1) is 14.3. The number of benzene rings is 1. The molecule has 158 valence electrons. The predicted octanol–water partition coefficient (Wildman–Crippen LogP) is 2.22. The number of thiazole rings is 1. The Hall–Kier alpha value is -3.34. The monoisotopic (exact) mass is 434 g/mol. The van der Waals surface area contributed by atoms with Gasteiger partial charge in [0.1, 0.15) is 11.9 Å². The molecule has 1 aliphatic rings. The van der Waals surface area contributed by atoms with Crippen LogP contribution in [0, 0.1) is 12.7 Å². The van der Waals surface area contributed by atoms with Gasteiger partial charge >= 0.3 is 12.0 Å². The number of urea groups is 1. The van der Waals surface area contributed by atoms with E-state index >= 15 is 0 Å². The Morgan fingerprint density at radius 3 is 2.83 bits per heavy atom. The molecular formula is C19H19FN4O5S. The lowest BCUT2D eigenvalue weighted by atomic mass is 10.1. The minimum atomic E-state index is -0.847. The summed E-state index contributed by atoms with van der Waals surface area (Å²) in [6, 6.07) is 4.20. The predicted molar refractivity (Wildman–Crippen MR) is 105 cm³/mol. The normalized spacial score (nSPS) is 15.8. The average molecular weight is 434 g/mol. The minimum Gasteiger partial charge on any atom is -0.464 e. The van der Waals surface area contributed by atoms with Crippen LogP contribution in [0.5, 0.6) is 0 Å². The van der Waals surface area contributed by atoms with Gasteiger partial charge in [-0.1, -0.05) is 12.1 Å². The number of rotatable bonds is 7. The number of carbonyl (C=O) groups is 4. The van der Waals surface area contributed by atoms with E-state index in [2.05, 4.69) is 20.4 Å². The zero-order valence-electron chi connectivity index (χ0n) is 16.2. The van der Waals surface area contributed by atoms with E-state index in [1.54, 1.807) is 13.0 Å². The molecule has 4 amide bonds. The first-order valence-corrected chi connectivity index (χ1v) is 9.82. The molecule has 9 nitrogen and oxygen atoms in total. The van der Waals surface area contributed by atoms with Gasteiger partial charge in [-0.15, -0.1) is 11.3 Å². The highest BCUT2D eigenvalue weighted by Gasteiger charge is 2.37. The molecule has 11 heteroatoms. The standard InChI is InChI=1S/C19H19FN4O5S/c1-10-15(17(27)29-2)23-18(30-10)22-14(25)7-6-13-16(26)24(19(28)21-13)9-11-4-3-5-12(20)8-11/h3-5,8,13H,6-7,9H2,1-2H3,(H,21,28)(H,22,23,25)/t13-/m1/s1. The second kappa shape index (κ2) is 8.99. The molecule has 1 atom stereocenters. The van der Waals surface area contributed by atoms with Crippen molar-refractivity contribution in [3.63, 3.8) is 0 Å². The van der Waals surface area contributed by atoms with Gasteiger partial charge < -0.3 is 15.4 Å². The maximum Gasteiger partial charge on any atom is 0.357 e. The number of anilines is 1. The van der Waals surface area contributed by atoms with E-state index in [9.17, 15) is 23.6 Å². The van der Waals surface area contributed by atoms with Crippen molar-refractivity contribution in [1.82, 2.24) is 15.2 Å². The molecule has 1 aromatic carbocycles. The molecule has 0 aliphatic carbocycles. The number of amides is 4. The van der Waals surface area contributed by atoms with E-state index in [0.29, 0.717) is 10.4 Å². The van der Waals surface area contributed by atoms with Crippen LogP contribution in [0.15, 0.2) is 24.3 Å². The van der Waals surface area contributed by atoms with Gasteiger partial charge in [0.05, 0.1) is 13.7 Å². The van der Waals surface area contributed by atoms with Gasteiger partial charge in [-0.2, -0.15) is 0 Å². The number of hydrogen-bond acceptors (Lipinski definition) is 7. The SMILES string of the molecule is COC(=O)c1nc(NC(=O)CC[C@H]2NC(=O)N(Cc3cccc(F)c3)C2=O)sc1C. The van der Waals surface area contributed by atoms with E-state index in [4.69, 9.17) is 0 Å². The molecule has 0 unspecified atom stereocenters. The Morgan fingerprint density at radius 1 is 1.37 bits per heavy atom. The molecule has 30 heavy (non-hydrogen) atoms. The van der Waals surface area contributed by atoms with Crippen LogP contribution in [0.3, 0.4) is 0 Å². The van der Waals surface area contributed by atoms with Crippen LogP contribution >= 0.6 is 11.3 Å². The molecule has 2 heterocycles. The first kappa shape index (κ1) is 21.4. The van der Waals surface area contributed by atoms with Crippen LogP contribution in [0.25, 0.3) is 0 Å². The fourth-order valence-electron chi connectivity index (χ4n) is 2.93. The Kier molecular flexibility index (Phi) is 6.40. The van der Waals surface area contributed by atoms with Crippen LogP contribution in [0.2, 0.25) is 0 Å². The number of methoxy groups -OCH3 is 1. The average Bonchev–Trinajstić information content (AvgIpc) is 3.19. The lowest BCUT2D eigenvalue weighted by Gasteiger charge is -2.13. The van der Waals surface area contributed by atoms with Crippen molar-refractivity contribution in [2.75, 3.05) is 12.4 Å². The zero-order chi connectivity index (χ0) is 21.8. The number of nitrogens with one attached hydrogen (secondary N) is 2. The fourth-order valence-corrected chi connectivity index (χ4v) is 3.75. The van der Waals surface area contributed by atoms with Crippen molar-refractivity contribution in [2.45, 2.75) is 32.4 Å². The summed E-state index contributed by atoms with van der Waals surface area (Å²) in [6.45, 7) is 1.62. The third-order valence-electron chi connectivity index (χ3n) is 4.42. The van der Waals surface area contributed by atoms with Gasteiger partial charge in [0, 0.05) is 11.3 Å². The van der Waals surface area contributed by atoms with E-state index in [0.717, 1.165) is 16.2 Å². The number of esters is 1. The highest BCUT2D eigenvalue weighted by atomic mass is 32.1. The zero-order valence-corrected chi connectivity index (χ0v) is 17.0. The van der Waals surface area contributed by atoms with Crippen LogP contribution in [0.4, 0.5) is 14.3 Å². The molecule has 1 aliphatic heterocycles. The second-order valence-corrected chi connectivity index (χ2v) is 7.76. The number of nitrogens with zero attached hydrogens (tertiary/aromatic N) is 2. The largest absolute Gasteiger partial charge is 0.464 e. The molecule has 1 saturated heterocycles. The van der Waals surface area contributed by atoms with Gasteiger partial charge in [0.2, 0.25) is 5.91 Å². The third kappa shape index (κ3) is 4.79. The summed E-state index contributed by atoms with van der Waals surface area (Å²) >= 11 is 1.13. The maximum absolute atomic E-state index is 13.3. The molecule has 0 spiro atoms. The first-order valence-electron chi connectivity index (χ1n) is 9.00. The molecule has 2 aromatic rings. The van der Waals surface area contributed by atoms with Crippen molar-refractivity contribution in [3.8, 4) is 0 Å². The molecular weight excluding hydrogens is 415 g/mol. The summed E-state index contributed by atoms with van der Waals surface area (Å²) in [6.07, 6.45) is 0.0426. The van der Waals surface area contributed by atoms with E-state index in [1.165, 1.54) is 25.3 Å². The van der Waals surface area contributed by atoms with Crippen molar-refractivity contribution < 1.29 is 28.3 Å². The van der Waals surface area contributed by atoms with Gasteiger partial charge in [-0.25, -0.2) is 19.0 Å². The van der Waals surface area contributed by atoms with E-state index in [1.807, 2.05) is 0 Å². The third-order valence-corrected chi connectivity index (χ3v) is 5.30. The number of aryl methyl sites for hydroxylation is 1. The van der Waals surface area contributed by atoms with Crippen molar-refractivity contribution in [3.05, 3.63) is 46.2 Å². The fraction of sp³-hybridized carbons (Fsp3) is 0.316. The van der Waals surface area contributed by atoms with Crippen LogP contribution in [0.1, 0.15) is 33.8 Å². The quantitative estimate of drug-likeness (QED) is 0.510. The van der Waals surface area contributed by atoms with E-state index in [-0.39, 0.29) is 30.2 Å². The van der Waals surface area contributed by atoms with Crippen molar-refractivity contribution >= 4 is 40.3 Å². The van der Waals surface area contributed by atoms with Gasteiger partial charge in [0.25, 0.3) is 5.91 Å². The molecule has 3 rings (SSSR count). The van der Waals surface area contributed by atoms with Crippen LogP contribution < -0.4 is 10.6 Å². The van der Waals surface area contributed by atoms with Crippen molar-refractivity contribution in [1.29, 1.82) is 0 Å². The Balaban J connectivity index is 1.54. The lowest BCUT2D eigenvalue weighted by Crippen LogP contribution is -2.31. The molecule has 0 radical (unpaired) electrons. The number of halogens is 1. The van der Waals surface area contributed by atoms with Crippen LogP contribution in [-0.2, 0) is 20.9 Å². The van der Waals surface area contributed by atoms with Gasteiger partial charge in [0.15, 0.2) is 10.8 Å². The second-order valence-electron chi connectivity index (χ2n) is 6.56. The molecule has 1 aromatic heterocycles. The summed E-state index contributed by atoms with van der Waals surface area (Å²) in [7, 11) is 1.24. The topological polar surface area (TPSA) is 118 Å². The summed E-state index contributed by atoms with van der Waals surface area (Å²) in [5.41, 5.74) is 0.612. The minimum absolute atomic E-state index is 0.0450. The Bertz CT molecular complexity index is 1010. The highest BCUT2D eigenvalue weighted by Crippen LogP contribution is 2.23. The molecule has 2 N–H and O–H groups in total. The number of carbonyl (C=O) groups excluding carboxylic acids is 4. The molecule has 0 bridgehead atoms. The lowest BCUT2D eigenvalue weighted by molar-refractivity contribution is -0.128. The number of aromatic nitrogens is 1. The maximum atomic E-state index is 13.3. The van der Waals surface area contributed by atoms with Gasteiger partial charge in [-0.05, 0) is 31.0 Å². The smallest absolute Gasteiger partial charge is 0.357 e. The number of ether oxygens (including phenoxy) is 1. The Labute approximate surface area is 175 Å². The van der Waals surface area contributed by atoms with Gasteiger partial charge in [-0.3, -0.25) is 14.5 Å². The van der Waals surface area contributed by atoms with E-state index < -0.39 is 35.7 Å². The molecule has 1 fully saturated rings. The molecule has 0 saturated carbocycles. The van der Waals surface area contributed by atoms with Crippen molar-refractivity contribution in [2.24, 2.45) is 0 Å².